The molecule has 11 heteroatoms. The summed E-state index contributed by atoms with van der Waals surface area (Å²) in [4.78, 5) is 32.2. The van der Waals surface area contributed by atoms with Crippen molar-refractivity contribution >= 4 is 76.1 Å². The van der Waals surface area contributed by atoms with Crippen LogP contribution in [0.5, 0.6) is 5.75 Å². The maximum atomic E-state index is 11.1. The molecule has 0 saturated heterocycles. The van der Waals surface area contributed by atoms with Crippen LogP contribution < -0.4 is 29.0 Å². The van der Waals surface area contributed by atoms with Crippen molar-refractivity contribution in [3.63, 3.8) is 0 Å². The molecule has 0 spiro atoms. The average molecular weight is 1430 g/mol. The van der Waals surface area contributed by atoms with Crippen LogP contribution in [0.1, 0.15) is 0 Å². The molecule has 1 N–H and O–H groups in total. The van der Waals surface area contributed by atoms with E-state index >= 15 is 0 Å². The van der Waals surface area contributed by atoms with Crippen LogP contribution in [0.4, 0.5) is 0 Å². The van der Waals surface area contributed by atoms with Gasteiger partial charge in [0, 0.05) is 77.8 Å². The first-order chi connectivity index (χ1) is 54.9. The summed E-state index contributed by atoms with van der Waals surface area (Å²) in [5, 5.41) is 22.2. The van der Waals surface area contributed by atoms with Crippen molar-refractivity contribution in [3.8, 4) is 119 Å². The van der Waals surface area contributed by atoms with Crippen molar-refractivity contribution in [2.75, 3.05) is 0 Å². The van der Waals surface area contributed by atoms with Gasteiger partial charge in [0.25, 0.3) is 0 Å². The molecule has 5 heterocycles. The quantitative estimate of drug-likeness (QED) is 0.118. The Balaban J connectivity index is 0.000000137. The Kier molecular flexibility index (Phi) is 18.9. The zero-order valence-corrected chi connectivity index (χ0v) is 61.1. The van der Waals surface area contributed by atoms with Crippen LogP contribution in [0.25, 0.3) is 189 Å². The Bertz CT molecular complexity index is 6860. The summed E-state index contributed by atoms with van der Waals surface area (Å²) in [6, 6.07) is 137. The Morgan fingerprint density at radius 2 is 0.491 bits per heavy atom. The number of rotatable bonds is 11. The number of hydrogen-bond acceptors (Lipinski definition) is 7. The molecule has 112 heavy (non-hydrogen) atoms. The minimum atomic E-state index is 0. The fourth-order valence-electron chi connectivity index (χ4n) is 15.0. The SMILES string of the molecule is [Li+].[O-]c1cccc2ccc[nH+]c12.c1ccc(-c2nc(-c3ccccc3)nc(-c3ccc(-c4ccc(-n5c6ccccc6c6cc7ccccc7cc65)cc4)cc3)n2)cc1.c1ccc(-c2nc(-c3ccccc3)nc(-c3cccc(-c4ccc(-c5ccc(-n6c7ccccc7c7cc8ccccc8cc76)cc5)cc4)c3)n2)cc1. The molecule has 0 amide bonds. The van der Waals surface area contributed by atoms with Gasteiger partial charge in [-0.3, -0.25) is 0 Å². The fraction of sp³-hybridized carbons (Fsp3) is 0. The normalized spacial score (nSPS) is 11.2. The molecule has 0 aliphatic carbocycles. The molecular formula is C101H67LiN9O+. The minimum absolute atomic E-state index is 0. The number of hydrogen-bond donors (Lipinski definition) is 0. The standard InChI is InChI=1S/C49H32N4.C43H28N4.C9H7NO.Li/c1-3-12-36(13-4-1)47-50-48(37-14-5-2-6-15-37)52-49(51-47)41-19-11-18-38(30-41)35-24-22-33(23-25-35)34-26-28-42(29-27-34)53-45-21-10-9-20-43(45)44-31-39-16-7-8-17-40(39)32-46(44)53;1-3-11-31(12-4-1)41-44-42(32-13-5-2-6-14-32)46-43(45-41)33-21-19-29(20-22-33)30-23-25-36(26-24-30)47-39-18-10-9-17-37(39)38-27-34-15-7-8-16-35(34)28-40(38)47;11-8-5-1-3-7-4-2-6-10-9(7)8;/h1-32H;1-28H;1-6,11H;/q;;;+1. The number of benzene rings is 16. The minimum Gasteiger partial charge on any atom is -0.868 e. The van der Waals surface area contributed by atoms with Gasteiger partial charge in [0.1, 0.15) is 0 Å². The van der Waals surface area contributed by atoms with Gasteiger partial charge in [0.2, 0.25) is 5.52 Å². The van der Waals surface area contributed by atoms with Crippen molar-refractivity contribution in [1.29, 1.82) is 0 Å². The van der Waals surface area contributed by atoms with Gasteiger partial charge in [-0.1, -0.05) is 309 Å². The number of aromatic nitrogens is 9. The van der Waals surface area contributed by atoms with Gasteiger partial charge in [-0.05, 0) is 140 Å². The monoisotopic (exact) mass is 1430 g/mol. The van der Waals surface area contributed by atoms with E-state index in [9.17, 15) is 5.11 Å². The molecule has 0 aliphatic rings. The van der Waals surface area contributed by atoms with Gasteiger partial charge < -0.3 is 14.2 Å². The number of H-pyrrole nitrogens is 1. The molecule has 522 valence electrons. The zero-order chi connectivity index (χ0) is 74.0. The van der Waals surface area contributed by atoms with Crippen LogP contribution in [0.15, 0.2) is 401 Å². The average Bonchev–Trinajstić information content (AvgIpc) is 1.59. The number of aromatic amines is 1. The Morgan fingerprint density at radius 1 is 0.205 bits per heavy atom. The second kappa shape index (κ2) is 30.6. The van der Waals surface area contributed by atoms with E-state index in [2.05, 4.69) is 257 Å². The van der Waals surface area contributed by atoms with Crippen molar-refractivity contribution in [1.82, 2.24) is 39.0 Å². The molecule has 0 saturated carbocycles. The molecule has 0 bridgehead atoms. The Hall–Kier alpha value is -14.5. The second-order valence-electron chi connectivity index (χ2n) is 27.4. The van der Waals surface area contributed by atoms with Crippen molar-refractivity contribution in [2.45, 2.75) is 0 Å². The number of para-hydroxylation sites is 3. The van der Waals surface area contributed by atoms with E-state index in [1.807, 2.05) is 140 Å². The third-order valence-corrected chi connectivity index (χ3v) is 20.5. The van der Waals surface area contributed by atoms with E-state index in [1.165, 1.54) is 76.3 Å². The Morgan fingerprint density at radius 3 is 0.893 bits per heavy atom. The molecule has 21 aromatic rings. The maximum absolute atomic E-state index is 11.1. The van der Waals surface area contributed by atoms with E-state index in [0.717, 1.165) is 72.4 Å². The number of pyridine rings is 1. The smallest absolute Gasteiger partial charge is 0.868 e. The van der Waals surface area contributed by atoms with Crippen molar-refractivity contribution < 1.29 is 29.0 Å². The van der Waals surface area contributed by atoms with Gasteiger partial charge in [0.05, 0.1) is 22.1 Å². The summed E-state index contributed by atoms with van der Waals surface area (Å²) < 4.78 is 4.76. The number of nitrogens with zero attached hydrogens (tertiary/aromatic N) is 8. The molecule has 16 aromatic carbocycles. The van der Waals surface area contributed by atoms with Crippen LogP contribution in [0.3, 0.4) is 0 Å². The molecule has 21 rings (SSSR count). The van der Waals surface area contributed by atoms with E-state index in [-0.39, 0.29) is 24.6 Å². The van der Waals surface area contributed by atoms with Gasteiger partial charge in [-0.15, -0.1) is 0 Å². The van der Waals surface area contributed by atoms with Gasteiger partial charge >= 0.3 is 18.9 Å². The molecule has 0 unspecified atom stereocenters. The van der Waals surface area contributed by atoms with Crippen LogP contribution in [0, 0.1) is 0 Å². The first-order valence-electron chi connectivity index (χ1n) is 37.1. The molecule has 0 atom stereocenters. The van der Waals surface area contributed by atoms with Crippen molar-refractivity contribution in [2.24, 2.45) is 0 Å². The molecule has 0 fully saturated rings. The van der Waals surface area contributed by atoms with E-state index < -0.39 is 0 Å². The van der Waals surface area contributed by atoms with Gasteiger partial charge in [-0.2, -0.15) is 0 Å². The summed E-state index contributed by atoms with van der Waals surface area (Å²) in [6.45, 7) is 0. The van der Waals surface area contributed by atoms with E-state index in [0.29, 0.717) is 40.5 Å². The van der Waals surface area contributed by atoms with Crippen LogP contribution >= 0.6 is 0 Å². The van der Waals surface area contributed by atoms with Crippen LogP contribution in [-0.2, 0) is 0 Å². The molecular weight excluding hydrogens is 1360 g/mol. The topological polar surface area (TPSA) is 124 Å². The number of nitrogens with one attached hydrogen (secondary N) is 1. The van der Waals surface area contributed by atoms with Crippen LogP contribution in [-0.4, -0.2) is 39.0 Å². The molecule has 0 radical (unpaired) electrons. The molecule has 0 aliphatic heterocycles. The third kappa shape index (κ3) is 13.8. The first kappa shape index (κ1) is 69.2. The number of fused-ring (bicyclic) bond motifs is 9. The molecule has 10 nitrogen and oxygen atoms in total. The largest absolute Gasteiger partial charge is 1.00 e. The predicted molar refractivity (Wildman–Crippen MR) is 452 cm³/mol. The maximum Gasteiger partial charge on any atom is 1.00 e. The fourth-order valence-corrected chi connectivity index (χ4v) is 15.0. The predicted octanol–water partition coefficient (Wildman–Crippen LogP) is 21.0. The first-order valence-corrected chi connectivity index (χ1v) is 37.1. The zero-order valence-electron chi connectivity index (χ0n) is 61.1. The van der Waals surface area contributed by atoms with Gasteiger partial charge in [0.15, 0.2) is 41.1 Å². The van der Waals surface area contributed by atoms with Crippen LogP contribution in [0.2, 0.25) is 0 Å². The summed E-state index contributed by atoms with van der Waals surface area (Å²) in [7, 11) is 0. The van der Waals surface area contributed by atoms with E-state index in [4.69, 9.17) is 29.9 Å². The van der Waals surface area contributed by atoms with Crippen molar-refractivity contribution in [3.05, 3.63) is 401 Å². The summed E-state index contributed by atoms with van der Waals surface area (Å²) in [5.41, 5.74) is 20.4. The Labute approximate surface area is 658 Å². The summed E-state index contributed by atoms with van der Waals surface area (Å²) >= 11 is 0. The molecule has 5 aromatic heterocycles. The van der Waals surface area contributed by atoms with Gasteiger partial charge in [-0.25, -0.2) is 34.9 Å². The van der Waals surface area contributed by atoms with E-state index in [1.54, 1.807) is 18.3 Å². The second-order valence-corrected chi connectivity index (χ2v) is 27.4. The summed E-state index contributed by atoms with van der Waals surface area (Å²) in [5.74, 6) is 3.97. The third-order valence-electron chi connectivity index (χ3n) is 20.5. The summed E-state index contributed by atoms with van der Waals surface area (Å²) in [6.07, 6.45) is 1.75.